The second-order valence-corrected chi connectivity index (χ2v) is 18.3. The number of benzene rings is 3. The van der Waals surface area contributed by atoms with Crippen LogP contribution in [-0.2, 0) is 54.7 Å². The highest BCUT2D eigenvalue weighted by Crippen LogP contribution is 2.52. The van der Waals surface area contributed by atoms with E-state index in [-0.39, 0.29) is 24.7 Å². The van der Waals surface area contributed by atoms with Crippen molar-refractivity contribution in [3.8, 4) is 12.1 Å². The molecule has 3 aromatic carbocycles. The van der Waals surface area contributed by atoms with Crippen LogP contribution in [0, 0.1) is 22.7 Å². The van der Waals surface area contributed by atoms with Crippen molar-refractivity contribution in [2.24, 2.45) is 0 Å². The molecule has 22 heteroatoms. The Morgan fingerprint density at radius 1 is 0.696 bits per heavy atom. The molecule has 0 radical (unpaired) electrons. The first-order chi connectivity index (χ1) is 33.2. The van der Waals surface area contributed by atoms with E-state index in [4.69, 9.17) is 69.5 Å². The number of nitriles is 2. The van der Waals surface area contributed by atoms with Crippen molar-refractivity contribution in [3.63, 3.8) is 0 Å². The summed E-state index contributed by atoms with van der Waals surface area (Å²) in [6, 6.07) is 40.7. The maximum atomic E-state index is 11.0. The van der Waals surface area contributed by atoms with E-state index < -0.39 is 58.4 Å². The molecule has 2 aliphatic rings. The van der Waals surface area contributed by atoms with Gasteiger partial charge in [-0.25, -0.2) is 19.0 Å². The minimum atomic E-state index is -1.96. The number of hydrogen-bond acceptors (Lipinski definition) is 16. The third-order valence-corrected chi connectivity index (χ3v) is 12.1. The summed E-state index contributed by atoms with van der Waals surface area (Å²) < 4.78 is 34.8. The Balaban J connectivity index is 0.000000225. The minimum absolute atomic E-state index is 0.169. The summed E-state index contributed by atoms with van der Waals surface area (Å²) >= 11 is 14.4. The van der Waals surface area contributed by atoms with Crippen LogP contribution in [0.4, 0.5) is 11.6 Å². The summed E-state index contributed by atoms with van der Waals surface area (Å²) in [6.07, 6.45) is -1.33. The molecule has 0 saturated carbocycles. The number of nitrogens with two attached hydrogens (primary N) is 2. The van der Waals surface area contributed by atoms with Crippen LogP contribution < -0.4 is 11.5 Å². The Morgan fingerprint density at radius 3 is 1.61 bits per heavy atom. The lowest BCUT2D eigenvalue weighted by atomic mass is 9.79. The highest BCUT2D eigenvalue weighted by Gasteiger charge is 2.68. The van der Waals surface area contributed by atoms with Gasteiger partial charge in [-0.1, -0.05) is 91.0 Å². The second kappa shape index (κ2) is 21.8. The van der Waals surface area contributed by atoms with Crippen molar-refractivity contribution < 1.29 is 39.0 Å². The van der Waals surface area contributed by atoms with Gasteiger partial charge in [-0.3, -0.25) is 0 Å². The molecular weight excluding hydrogens is 950 g/mol. The molecule has 2 aliphatic heterocycles. The van der Waals surface area contributed by atoms with E-state index >= 15 is 0 Å². The summed E-state index contributed by atoms with van der Waals surface area (Å²) in [7, 11) is 0. The van der Waals surface area contributed by atoms with Gasteiger partial charge in [0.05, 0.1) is 44.4 Å². The zero-order valence-corrected chi connectivity index (χ0v) is 39.6. The van der Waals surface area contributed by atoms with Crippen LogP contribution in [0.3, 0.4) is 0 Å². The number of aliphatic hydroxyl groups is 3. The SMILES string of the molecule is C[C@@]1(O)[C@H](O)[C@@H](CO)O[C@@]1(C#N)c1ccc2c(N)ncnn12.C[C@@]1(OCc2ccccc2)[C@H](OCc2ccccc2)[C@@H](COCc2ccccc2)OC1(C#N)c1ccc2c(N)ncnn12.ClB(Cl)Cl. The molecule has 2 fully saturated rings. The number of ether oxygens (including phenoxy) is 5. The van der Waals surface area contributed by atoms with Gasteiger partial charge < -0.3 is 50.5 Å². The second-order valence-electron chi connectivity index (χ2n) is 16.3. The average Bonchev–Trinajstić information content (AvgIpc) is 4.10. The highest BCUT2D eigenvalue weighted by molar-refractivity contribution is 7.54. The van der Waals surface area contributed by atoms with Gasteiger partial charge in [-0.2, -0.15) is 55.1 Å². The average molecular weight is 998 g/mol. The van der Waals surface area contributed by atoms with Crippen molar-refractivity contribution in [1.29, 1.82) is 10.5 Å². The lowest BCUT2D eigenvalue weighted by Crippen LogP contribution is -2.55. The maximum Gasteiger partial charge on any atom is 0.450 e. The van der Waals surface area contributed by atoms with Gasteiger partial charge in [0.15, 0.2) is 11.6 Å². The van der Waals surface area contributed by atoms with E-state index in [2.05, 4.69) is 26.2 Å². The van der Waals surface area contributed by atoms with E-state index in [1.807, 2.05) is 104 Å². The normalized spacial score (nSPS) is 26.1. The van der Waals surface area contributed by atoms with Crippen molar-refractivity contribution in [2.45, 2.75) is 80.5 Å². The third kappa shape index (κ3) is 10.1. The maximum absolute atomic E-state index is 11.0. The number of aromatic nitrogens is 6. The van der Waals surface area contributed by atoms with Crippen LogP contribution in [0.2, 0.25) is 0 Å². The Bertz CT molecular complexity index is 2890. The lowest BCUT2D eigenvalue weighted by Gasteiger charge is -2.39. The van der Waals surface area contributed by atoms with Crippen LogP contribution in [-0.4, -0.2) is 98.3 Å². The van der Waals surface area contributed by atoms with Gasteiger partial charge in [0.25, 0.3) is 0 Å². The topological polar surface area (TPSA) is 267 Å². The molecule has 0 aliphatic carbocycles. The Morgan fingerprint density at radius 2 is 1.14 bits per heavy atom. The fourth-order valence-electron chi connectivity index (χ4n) is 8.55. The van der Waals surface area contributed by atoms with Gasteiger partial charge in [-0.15, -0.1) is 0 Å². The predicted molar refractivity (Wildman–Crippen MR) is 257 cm³/mol. The lowest BCUT2D eigenvalue weighted by molar-refractivity contribution is -0.168. The Labute approximate surface area is 412 Å². The van der Waals surface area contributed by atoms with Gasteiger partial charge in [0.2, 0.25) is 11.2 Å². The standard InChI is InChI=1S/C34H33N5O4.C13H15N5O4.BCl3/c1-33(42-21-27-15-9-4-10-16-27)31(41-20-26-13-7-3-8-14-26)29(22-40-19-25-11-5-2-6-12-25)43-34(33,23-35)30-18-17-28-32(36)37-24-38-39(28)30;1-12(21)10(20)8(4-19)22-13(12,5-14)9-3-2-7-11(15)16-6-17-18(7)9;2-1(3)4/h2-18,24,29,31H,19-22H2,1H3,(H2,36,37,38);2-3,6,8,10,19-21H,4H2,1H3,(H2,15,16,17);/t29-,31-,33-,34?;8-,10-,12-,13+;/m11./s1. The smallest absolute Gasteiger partial charge is 0.394 e. The largest absolute Gasteiger partial charge is 0.450 e. The molecular formula is C47H48BCl3N10O8. The van der Waals surface area contributed by atoms with Gasteiger partial charge >= 0.3 is 4.96 Å². The molecule has 0 bridgehead atoms. The van der Waals surface area contributed by atoms with Crippen LogP contribution >= 0.6 is 34.4 Å². The van der Waals surface area contributed by atoms with Crippen LogP contribution in [0.5, 0.6) is 0 Å². The van der Waals surface area contributed by atoms with Crippen molar-refractivity contribution in [1.82, 2.24) is 29.2 Å². The molecule has 6 heterocycles. The first kappa shape index (κ1) is 51.0. The van der Waals surface area contributed by atoms with E-state index in [0.29, 0.717) is 35.8 Å². The number of fused-ring (bicyclic) bond motifs is 2. The first-order valence-electron chi connectivity index (χ1n) is 21.4. The molecule has 18 nitrogen and oxygen atoms in total. The molecule has 7 aromatic rings. The molecule has 2 saturated heterocycles. The molecule has 1 unspecified atom stereocenters. The Hall–Kier alpha value is -5.91. The van der Waals surface area contributed by atoms with Gasteiger partial charge in [0.1, 0.15) is 71.4 Å². The minimum Gasteiger partial charge on any atom is -0.394 e. The van der Waals surface area contributed by atoms with E-state index in [1.165, 1.54) is 30.2 Å². The summed E-state index contributed by atoms with van der Waals surface area (Å²) in [6.45, 7) is 3.68. The predicted octanol–water partition coefficient (Wildman–Crippen LogP) is 5.43. The monoisotopic (exact) mass is 996 g/mol. The zero-order valence-electron chi connectivity index (χ0n) is 37.3. The summed E-state index contributed by atoms with van der Waals surface area (Å²) in [5.41, 5.74) is 9.74. The molecule has 358 valence electrons. The van der Waals surface area contributed by atoms with E-state index in [9.17, 15) is 25.8 Å². The van der Waals surface area contributed by atoms with Crippen LogP contribution in [0.1, 0.15) is 41.9 Å². The molecule has 7 N–H and O–H groups in total. The third-order valence-electron chi connectivity index (χ3n) is 12.1. The fraction of sp³-hybridized carbons (Fsp3) is 0.319. The number of rotatable bonds is 13. The molecule has 0 spiro atoms. The van der Waals surface area contributed by atoms with Gasteiger partial charge in [0, 0.05) is 0 Å². The number of aliphatic hydroxyl groups excluding tert-OH is 2. The summed E-state index contributed by atoms with van der Waals surface area (Å²) in [4.78, 5) is 7.22. The number of nitrogens with zero attached hydrogens (tertiary/aromatic N) is 8. The number of halogens is 3. The quantitative estimate of drug-likeness (QED) is 0.0902. The molecule has 9 rings (SSSR count). The summed E-state index contributed by atoms with van der Waals surface area (Å²) in [5, 5.41) is 59.3. The van der Waals surface area contributed by atoms with E-state index in [1.54, 1.807) is 22.7 Å². The van der Waals surface area contributed by atoms with Crippen molar-refractivity contribution in [3.05, 3.63) is 156 Å². The number of hydrogen-bond donors (Lipinski definition) is 5. The highest BCUT2D eigenvalue weighted by atomic mass is 35.6. The molecule has 69 heavy (non-hydrogen) atoms. The molecule has 4 aromatic heterocycles. The number of nitrogen functional groups attached to an aromatic ring is 2. The van der Waals surface area contributed by atoms with Crippen LogP contribution in [0.25, 0.3) is 11.0 Å². The molecule has 8 atom stereocenters. The summed E-state index contributed by atoms with van der Waals surface area (Å²) in [5.74, 6) is 0.491. The zero-order chi connectivity index (χ0) is 49.4. The molecule has 0 amide bonds. The van der Waals surface area contributed by atoms with Gasteiger partial charge in [-0.05, 0) is 54.8 Å². The van der Waals surface area contributed by atoms with Crippen molar-refractivity contribution in [2.75, 3.05) is 24.7 Å². The van der Waals surface area contributed by atoms with E-state index in [0.717, 1.165) is 16.7 Å². The van der Waals surface area contributed by atoms with Crippen molar-refractivity contribution >= 4 is 62.0 Å². The number of anilines is 2. The Kier molecular flexibility index (Phi) is 16.1. The van der Waals surface area contributed by atoms with Crippen LogP contribution in [0.15, 0.2) is 128 Å². The first-order valence-corrected chi connectivity index (χ1v) is 22.7. The fourth-order valence-corrected chi connectivity index (χ4v) is 8.55.